The van der Waals surface area contributed by atoms with Gasteiger partial charge in [-0.2, -0.15) is 0 Å². The fraction of sp³-hybridized carbons (Fsp3) is 0.214. The number of fused-ring (bicyclic) bond motifs is 2. The molecule has 0 saturated carbocycles. The number of aromatic nitrogens is 3. The summed E-state index contributed by atoms with van der Waals surface area (Å²) in [6.45, 7) is 3.22. The van der Waals surface area contributed by atoms with Crippen molar-refractivity contribution in [1.82, 2.24) is 15.1 Å². The fourth-order valence-corrected chi connectivity index (χ4v) is 5.03. The van der Waals surface area contributed by atoms with Crippen LogP contribution in [0.3, 0.4) is 0 Å². The summed E-state index contributed by atoms with van der Waals surface area (Å²) < 4.78 is 34.1. The molecule has 1 amide bonds. The number of rotatable bonds is 4. The molecule has 1 atom stereocenters. The molecule has 1 fully saturated rings. The fourth-order valence-electron chi connectivity index (χ4n) is 5.03. The Balaban J connectivity index is 1.37. The highest BCUT2D eigenvalue weighted by atomic mass is 19.1. The minimum atomic E-state index is -0.671. The van der Waals surface area contributed by atoms with Crippen LogP contribution in [0.5, 0.6) is 0 Å². The second-order valence-electron chi connectivity index (χ2n) is 9.47. The molecule has 1 aliphatic rings. The second kappa shape index (κ2) is 9.46. The van der Waals surface area contributed by atoms with Gasteiger partial charge in [-0.15, -0.1) is 0 Å². The van der Waals surface area contributed by atoms with Crippen molar-refractivity contribution in [3.63, 3.8) is 0 Å². The van der Waals surface area contributed by atoms with Gasteiger partial charge in [-0.1, -0.05) is 29.4 Å². The number of anilines is 2. The van der Waals surface area contributed by atoms with Crippen molar-refractivity contribution in [2.75, 3.05) is 23.3 Å². The molecular weight excluding hydrogens is 490 g/mol. The van der Waals surface area contributed by atoms with E-state index in [4.69, 9.17) is 10.3 Å². The summed E-state index contributed by atoms with van der Waals surface area (Å²) in [5.41, 5.74) is 9.31. The van der Waals surface area contributed by atoms with E-state index in [0.29, 0.717) is 34.7 Å². The van der Waals surface area contributed by atoms with E-state index < -0.39 is 17.5 Å². The number of amides is 1. The van der Waals surface area contributed by atoms with Gasteiger partial charge in [0.1, 0.15) is 17.3 Å². The van der Waals surface area contributed by atoms with Crippen molar-refractivity contribution < 1.29 is 18.1 Å². The van der Waals surface area contributed by atoms with Crippen molar-refractivity contribution in [3.05, 3.63) is 77.8 Å². The number of nitrogens with zero attached hydrogens (tertiary/aromatic N) is 4. The number of hydrogen-bond acceptors (Lipinski definition) is 7. The molecule has 2 aromatic carbocycles. The Morgan fingerprint density at radius 3 is 2.74 bits per heavy atom. The molecule has 1 saturated heterocycles. The predicted molar refractivity (Wildman–Crippen MR) is 141 cm³/mol. The number of aryl methyl sites for hydroxylation is 1. The van der Waals surface area contributed by atoms with Crippen molar-refractivity contribution in [2.45, 2.75) is 25.8 Å². The highest BCUT2D eigenvalue weighted by Gasteiger charge is 2.26. The van der Waals surface area contributed by atoms with E-state index in [0.717, 1.165) is 35.8 Å². The Morgan fingerprint density at radius 1 is 1.16 bits per heavy atom. The SMILES string of the molecule is Cc1noc2ncc(NC(=O)c3ccc4ccc(-c5c(F)cccc5F)cc4n3)c(N3CCC[C@H](N)C3)c12. The normalized spacial score (nSPS) is 15.8. The van der Waals surface area contributed by atoms with Crippen LogP contribution in [0.2, 0.25) is 0 Å². The monoisotopic (exact) mass is 514 g/mol. The van der Waals surface area contributed by atoms with Crippen LogP contribution in [0, 0.1) is 18.6 Å². The van der Waals surface area contributed by atoms with E-state index in [1.165, 1.54) is 18.2 Å². The molecule has 0 spiro atoms. The molecule has 10 heteroatoms. The van der Waals surface area contributed by atoms with Crippen LogP contribution in [-0.4, -0.2) is 40.2 Å². The van der Waals surface area contributed by atoms with Crippen molar-refractivity contribution in [1.29, 1.82) is 0 Å². The van der Waals surface area contributed by atoms with Crippen LogP contribution < -0.4 is 16.0 Å². The van der Waals surface area contributed by atoms with Crippen LogP contribution in [0.4, 0.5) is 20.2 Å². The zero-order valence-electron chi connectivity index (χ0n) is 20.5. The van der Waals surface area contributed by atoms with Gasteiger partial charge >= 0.3 is 0 Å². The average Bonchev–Trinajstić information content (AvgIpc) is 3.28. The minimum Gasteiger partial charge on any atom is -0.368 e. The van der Waals surface area contributed by atoms with Gasteiger partial charge in [0.2, 0.25) is 0 Å². The number of halogens is 2. The zero-order chi connectivity index (χ0) is 26.4. The van der Waals surface area contributed by atoms with Gasteiger partial charge < -0.3 is 20.5 Å². The summed E-state index contributed by atoms with van der Waals surface area (Å²) in [7, 11) is 0. The van der Waals surface area contributed by atoms with Crippen molar-refractivity contribution >= 4 is 39.3 Å². The summed E-state index contributed by atoms with van der Waals surface area (Å²) in [5, 5.41) is 8.45. The van der Waals surface area contributed by atoms with Gasteiger partial charge in [-0.25, -0.2) is 18.7 Å². The quantitative estimate of drug-likeness (QED) is 0.339. The van der Waals surface area contributed by atoms with E-state index in [9.17, 15) is 13.6 Å². The first-order valence-corrected chi connectivity index (χ1v) is 12.3. The molecule has 38 heavy (non-hydrogen) atoms. The predicted octanol–water partition coefficient (Wildman–Crippen LogP) is 5.20. The summed E-state index contributed by atoms with van der Waals surface area (Å²) >= 11 is 0. The third kappa shape index (κ3) is 4.22. The molecule has 5 aromatic rings. The first kappa shape index (κ1) is 23.9. The summed E-state index contributed by atoms with van der Waals surface area (Å²) in [6.07, 6.45) is 3.38. The molecule has 8 nitrogen and oxygen atoms in total. The number of pyridine rings is 2. The lowest BCUT2D eigenvalue weighted by Crippen LogP contribution is -2.43. The topological polar surface area (TPSA) is 110 Å². The van der Waals surface area contributed by atoms with E-state index in [1.807, 2.05) is 6.92 Å². The summed E-state index contributed by atoms with van der Waals surface area (Å²) in [5.74, 6) is -1.79. The number of benzene rings is 2. The maximum absolute atomic E-state index is 14.4. The Kier molecular flexibility index (Phi) is 5.96. The van der Waals surface area contributed by atoms with Crippen LogP contribution >= 0.6 is 0 Å². The molecule has 3 aromatic heterocycles. The lowest BCUT2D eigenvalue weighted by atomic mass is 10.0. The zero-order valence-corrected chi connectivity index (χ0v) is 20.5. The van der Waals surface area contributed by atoms with Gasteiger partial charge in [-0.05, 0) is 49.6 Å². The minimum absolute atomic E-state index is 0.00585. The number of carbonyl (C=O) groups is 1. The standard InChI is InChI=1S/C28H24F2N6O2/c1-15-24-26(36-11-3-4-18(31)14-36)23(13-32-28(24)38-35-15)34-27(37)21-10-9-16-7-8-17(12-22(16)33-21)25-19(29)5-2-6-20(25)30/h2,5-10,12-13,18H,3-4,11,14,31H2,1H3,(H,34,37)/t18-/m0/s1. The lowest BCUT2D eigenvalue weighted by molar-refractivity contribution is 0.102. The number of nitrogens with two attached hydrogens (primary N) is 1. The Morgan fingerprint density at radius 2 is 1.95 bits per heavy atom. The molecule has 4 heterocycles. The van der Waals surface area contributed by atoms with Crippen LogP contribution in [-0.2, 0) is 0 Å². The van der Waals surface area contributed by atoms with Gasteiger partial charge in [-0.3, -0.25) is 4.79 Å². The third-order valence-corrected chi connectivity index (χ3v) is 6.85. The first-order valence-electron chi connectivity index (χ1n) is 12.3. The highest BCUT2D eigenvalue weighted by molar-refractivity contribution is 6.09. The van der Waals surface area contributed by atoms with Crippen LogP contribution in [0.1, 0.15) is 29.0 Å². The molecular formula is C28H24F2N6O2. The number of carbonyl (C=O) groups excluding carboxylic acids is 1. The van der Waals surface area contributed by atoms with Crippen molar-refractivity contribution in [3.8, 4) is 11.1 Å². The maximum Gasteiger partial charge on any atom is 0.274 e. The van der Waals surface area contributed by atoms with Gasteiger partial charge in [0.05, 0.1) is 39.7 Å². The lowest BCUT2D eigenvalue weighted by Gasteiger charge is -2.34. The second-order valence-corrected chi connectivity index (χ2v) is 9.47. The maximum atomic E-state index is 14.4. The van der Waals surface area contributed by atoms with Gasteiger partial charge in [0.15, 0.2) is 0 Å². The third-order valence-electron chi connectivity index (χ3n) is 6.85. The number of hydrogen-bond donors (Lipinski definition) is 2. The molecule has 1 aliphatic heterocycles. The summed E-state index contributed by atoms with van der Waals surface area (Å²) in [4.78, 5) is 24.3. The van der Waals surface area contributed by atoms with Crippen molar-refractivity contribution in [2.24, 2.45) is 5.73 Å². The Labute approximate surface area is 216 Å². The molecule has 0 aliphatic carbocycles. The van der Waals surface area contributed by atoms with E-state index in [1.54, 1.807) is 36.5 Å². The molecule has 6 rings (SSSR count). The van der Waals surface area contributed by atoms with E-state index >= 15 is 0 Å². The van der Waals surface area contributed by atoms with Crippen LogP contribution in [0.25, 0.3) is 33.1 Å². The van der Waals surface area contributed by atoms with E-state index in [-0.39, 0.29) is 17.3 Å². The Bertz CT molecular complexity index is 1680. The average molecular weight is 515 g/mol. The van der Waals surface area contributed by atoms with Gasteiger partial charge in [0, 0.05) is 24.5 Å². The Hall–Kier alpha value is -4.44. The molecule has 0 unspecified atom stereocenters. The largest absolute Gasteiger partial charge is 0.368 e. The van der Waals surface area contributed by atoms with Crippen LogP contribution in [0.15, 0.2) is 59.3 Å². The molecule has 3 N–H and O–H groups in total. The number of piperidine rings is 1. The molecule has 0 bridgehead atoms. The highest BCUT2D eigenvalue weighted by Crippen LogP contribution is 2.37. The summed E-state index contributed by atoms with van der Waals surface area (Å²) in [6, 6.07) is 12.0. The molecule has 0 radical (unpaired) electrons. The number of nitrogens with one attached hydrogen (secondary N) is 1. The first-order chi connectivity index (χ1) is 18.4. The van der Waals surface area contributed by atoms with Gasteiger partial charge in [0.25, 0.3) is 11.6 Å². The molecule has 192 valence electrons. The van der Waals surface area contributed by atoms with E-state index in [2.05, 4.69) is 25.3 Å². The smallest absolute Gasteiger partial charge is 0.274 e.